The molecule has 0 bridgehead atoms. The first-order valence-corrected chi connectivity index (χ1v) is 8.93. The number of anilines is 1. The van der Waals surface area contributed by atoms with Crippen LogP contribution in [0.5, 0.6) is 0 Å². The van der Waals surface area contributed by atoms with Crippen LogP contribution in [0.1, 0.15) is 15.9 Å². The van der Waals surface area contributed by atoms with Gasteiger partial charge in [-0.3, -0.25) is 19.9 Å². The molecule has 2 aromatic heterocycles. The minimum absolute atomic E-state index is 0.116. The van der Waals surface area contributed by atoms with Crippen LogP contribution in [0.3, 0.4) is 0 Å². The average Bonchev–Trinajstić information content (AvgIpc) is 3.25. The van der Waals surface area contributed by atoms with Gasteiger partial charge in [-0.2, -0.15) is 4.98 Å². The predicted molar refractivity (Wildman–Crippen MR) is 109 cm³/mol. The van der Waals surface area contributed by atoms with E-state index >= 15 is 0 Å². The standard InChI is InChI=1S/C21H15N5O4/c1-13-15(6-4-8-18(13)26(28)29)20(27)23-17-7-3-2-5-16(17)21-24-19(25-30-21)14-9-11-22-12-10-14/h2-12H,1H3,(H,23,27). The lowest BCUT2D eigenvalue weighted by atomic mass is 10.1. The van der Waals surface area contributed by atoms with E-state index in [0.717, 1.165) is 5.56 Å². The maximum Gasteiger partial charge on any atom is 0.273 e. The molecule has 9 heteroatoms. The van der Waals surface area contributed by atoms with Crippen molar-refractivity contribution >= 4 is 17.3 Å². The summed E-state index contributed by atoms with van der Waals surface area (Å²) < 4.78 is 5.39. The van der Waals surface area contributed by atoms with Gasteiger partial charge >= 0.3 is 0 Å². The minimum atomic E-state index is -0.515. The first kappa shape index (κ1) is 18.9. The van der Waals surface area contributed by atoms with Crippen LogP contribution in [0.25, 0.3) is 22.8 Å². The number of nitro groups is 1. The number of nitrogens with one attached hydrogen (secondary N) is 1. The molecule has 2 aromatic carbocycles. The van der Waals surface area contributed by atoms with Crippen molar-refractivity contribution in [1.82, 2.24) is 15.1 Å². The molecule has 0 unspecified atom stereocenters. The summed E-state index contributed by atoms with van der Waals surface area (Å²) in [5.74, 6) is 0.147. The van der Waals surface area contributed by atoms with E-state index in [1.165, 1.54) is 25.1 Å². The largest absolute Gasteiger partial charge is 0.334 e. The molecule has 1 amide bonds. The third kappa shape index (κ3) is 3.63. The van der Waals surface area contributed by atoms with Gasteiger partial charge in [0.2, 0.25) is 5.82 Å². The fourth-order valence-electron chi connectivity index (χ4n) is 2.99. The molecular formula is C21H15N5O4. The third-order valence-corrected chi connectivity index (χ3v) is 4.52. The highest BCUT2D eigenvalue weighted by Gasteiger charge is 2.20. The molecule has 9 nitrogen and oxygen atoms in total. The van der Waals surface area contributed by atoms with E-state index in [9.17, 15) is 14.9 Å². The van der Waals surface area contributed by atoms with Gasteiger partial charge in [-0.1, -0.05) is 23.4 Å². The van der Waals surface area contributed by atoms with Gasteiger partial charge in [0.1, 0.15) is 0 Å². The SMILES string of the molecule is Cc1c(C(=O)Nc2ccccc2-c2nc(-c3ccncc3)no2)cccc1[N+](=O)[O-]. The van der Waals surface area contributed by atoms with Crippen molar-refractivity contribution in [2.75, 3.05) is 5.32 Å². The number of amides is 1. The molecule has 2 heterocycles. The Bertz CT molecular complexity index is 1240. The first-order chi connectivity index (χ1) is 14.5. The fraction of sp³-hybridized carbons (Fsp3) is 0.0476. The summed E-state index contributed by atoms with van der Waals surface area (Å²) in [6.45, 7) is 1.54. The molecule has 148 valence electrons. The quantitative estimate of drug-likeness (QED) is 0.391. The Morgan fingerprint density at radius 3 is 2.60 bits per heavy atom. The number of hydrogen-bond donors (Lipinski definition) is 1. The van der Waals surface area contributed by atoms with Crippen LogP contribution >= 0.6 is 0 Å². The van der Waals surface area contributed by atoms with Gasteiger partial charge in [-0.05, 0) is 37.3 Å². The van der Waals surface area contributed by atoms with Gasteiger partial charge in [-0.15, -0.1) is 0 Å². The molecule has 0 saturated carbocycles. The number of hydrogen-bond acceptors (Lipinski definition) is 7. The van der Waals surface area contributed by atoms with E-state index in [0.29, 0.717) is 17.1 Å². The Hall–Kier alpha value is -4.40. The van der Waals surface area contributed by atoms with Crippen LogP contribution in [0, 0.1) is 17.0 Å². The van der Waals surface area contributed by atoms with Crippen molar-refractivity contribution in [2.24, 2.45) is 0 Å². The second kappa shape index (κ2) is 7.92. The molecule has 0 aliphatic rings. The molecule has 0 aliphatic carbocycles. The third-order valence-electron chi connectivity index (χ3n) is 4.52. The smallest absolute Gasteiger partial charge is 0.273 e. The van der Waals surface area contributed by atoms with E-state index in [1.807, 2.05) is 0 Å². The Kier molecular flexibility index (Phi) is 5.00. The zero-order valence-corrected chi connectivity index (χ0v) is 15.8. The van der Waals surface area contributed by atoms with Crippen LogP contribution in [-0.4, -0.2) is 26.0 Å². The molecular weight excluding hydrogens is 386 g/mol. The number of benzene rings is 2. The summed E-state index contributed by atoms with van der Waals surface area (Å²) in [5, 5.41) is 17.9. The molecule has 0 spiro atoms. The zero-order chi connectivity index (χ0) is 21.1. The molecule has 4 aromatic rings. The van der Waals surface area contributed by atoms with Crippen LogP contribution in [0.15, 0.2) is 71.5 Å². The monoisotopic (exact) mass is 401 g/mol. The van der Waals surface area contributed by atoms with E-state index in [4.69, 9.17) is 4.52 Å². The highest BCUT2D eigenvalue weighted by atomic mass is 16.6. The van der Waals surface area contributed by atoms with Crippen LogP contribution < -0.4 is 5.32 Å². The second-order valence-corrected chi connectivity index (χ2v) is 6.37. The molecule has 0 radical (unpaired) electrons. The van der Waals surface area contributed by atoms with Gasteiger partial charge < -0.3 is 9.84 Å². The number of pyridine rings is 1. The van der Waals surface area contributed by atoms with Gasteiger partial charge in [0.05, 0.1) is 16.2 Å². The van der Waals surface area contributed by atoms with Gasteiger partial charge in [-0.25, -0.2) is 0 Å². The van der Waals surface area contributed by atoms with Crippen molar-refractivity contribution in [3.8, 4) is 22.8 Å². The van der Waals surface area contributed by atoms with E-state index in [-0.39, 0.29) is 22.7 Å². The number of carbonyl (C=O) groups is 1. The van der Waals surface area contributed by atoms with Gasteiger partial charge in [0.15, 0.2) is 0 Å². The van der Waals surface area contributed by atoms with E-state index < -0.39 is 10.8 Å². The Balaban J connectivity index is 1.65. The van der Waals surface area contributed by atoms with Gasteiger partial charge in [0.25, 0.3) is 17.5 Å². The van der Waals surface area contributed by atoms with E-state index in [2.05, 4.69) is 20.4 Å². The number of nitrogens with zero attached hydrogens (tertiary/aromatic N) is 4. The number of carbonyl (C=O) groups excluding carboxylic acids is 1. The topological polar surface area (TPSA) is 124 Å². The summed E-state index contributed by atoms with van der Waals surface area (Å²) in [7, 11) is 0. The van der Waals surface area contributed by atoms with Crippen molar-refractivity contribution in [3.05, 3.63) is 88.2 Å². The second-order valence-electron chi connectivity index (χ2n) is 6.37. The summed E-state index contributed by atoms with van der Waals surface area (Å²) in [6, 6.07) is 14.8. The fourth-order valence-corrected chi connectivity index (χ4v) is 2.99. The maximum atomic E-state index is 12.8. The Morgan fingerprint density at radius 2 is 1.83 bits per heavy atom. The number of nitro benzene ring substituents is 1. The summed E-state index contributed by atoms with van der Waals surface area (Å²) in [6.07, 6.45) is 3.25. The van der Waals surface area contributed by atoms with Crippen molar-refractivity contribution in [1.29, 1.82) is 0 Å². The minimum Gasteiger partial charge on any atom is -0.334 e. The van der Waals surface area contributed by atoms with Crippen LogP contribution in [0.2, 0.25) is 0 Å². The molecule has 0 fully saturated rings. The van der Waals surface area contributed by atoms with Crippen molar-refractivity contribution < 1.29 is 14.2 Å². The summed E-state index contributed by atoms with van der Waals surface area (Å²) in [5.41, 5.74) is 2.10. The Labute approximate surface area is 170 Å². The van der Waals surface area contributed by atoms with Gasteiger partial charge in [0, 0.05) is 35.2 Å². The van der Waals surface area contributed by atoms with Crippen molar-refractivity contribution in [3.63, 3.8) is 0 Å². The van der Waals surface area contributed by atoms with Crippen molar-refractivity contribution in [2.45, 2.75) is 6.92 Å². The number of para-hydroxylation sites is 1. The predicted octanol–water partition coefficient (Wildman–Crippen LogP) is 4.27. The summed E-state index contributed by atoms with van der Waals surface area (Å²) >= 11 is 0. The Morgan fingerprint density at radius 1 is 1.07 bits per heavy atom. The van der Waals surface area contributed by atoms with Crippen LogP contribution in [0.4, 0.5) is 11.4 Å². The molecule has 0 saturated heterocycles. The lowest BCUT2D eigenvalue weighted by Crippen LogP contribution is -2.14. The lowest BCUT2D eigenvalue weighted by Gasteiger charge is -2.10. The maximum absolute atomic E-state index is 12.8. The lowest BCUT2D eigenvalue weighted by molar-refractivity contribution is -0.385. The zero-order valence-electron chi connectivity index (χ0n) is 15.8. The molecule has 0 aliphatic heterocycles. The number of aromatic nitrogens is 3. The highest BCUT2D eigenvalue weighted by molar-refractivity contribution is 6.07. The molecule has 4 rings (SSSR count). The molecule has 0 atom stereocenters. The molecule has 30 heavy (non-hydrogen) atoms. The molecule has 1 N–H and O–H groups in total. The van der Waals surface area contributed by atoms with Crippen LogP contribution in [-0.2, 0) is 0 Å². The normalized spacial score (nSPS) is 10.6. The summed E-state index contributed by atoms with van der Waals surface area (Å²) in [4.78, 5) is 31.8. The number of rotatable bonds is 5. The highest BCUT2D eigenvalue weighted by Crippen LogP contribution is 2.29. The first-order valence-electron chi connectivity index (χ1n) is 8.93. The van der Waals surface area contributed by atoms with E-state index in [1.54, 1.807) is 48.8 Å². The average molecular weight is 401 g/mol.